The molecule has 132 valence electrons. The lowest BCUT2D eigenvalue weighted by molar-refractivity contribution is -0.130. The summed E-state index contributed by atoms with van der Waals surface area (Å²) in [4.78, 5) is 25.8. The number of thiazole rings is 1. The van der Waals surface area contributed by atoms with Crippen molar-refractivity contribution in [2.75, 3.05) is 31.1 Å². The van der Waals surface area contributed by atoms with E-state index in [1.54, 1.807) is 17.5 Å². The fourth-order valence-electron chi connectivity index (χ4n) is 3.09. The number of rotatable bonds is 4. The van der Waals surface area contributed by atoms with Crippen molar-refractivity contribution >= 4 is 23.1 Å². The van der Waals surface area contributed by atoms with Crippen LogP contribution in [-0.4, -0.2) is 47.0 Å². The van der Waals surface area contributed by atoms with Gasteiger partial charge in [0.2, 0.25) is 5.91 Å². The van der Waals surface area contributed by atoms with Crippen LogP contribution in [0.25, 0.3) is 10.6 Å². The summed E-state index contributed by atoms with van der Waals surface area (Å²) in [7, 11) is 0. The zero-order chi connectivity index (χ0) is 17.8. The quantitative estimate of drug-likeness (QED) is 0.714. The van der Waals surface area contributed by atoms with E-state index in [1.807, 2.05) is 58.8 Å². The number of hydrogen-bond acceptors (Lipinski definition) is 5. The minimum atomic E-state index is 0.149. The van der Waals surface area contributed by atoms with E-state index in [0.29, 0.717) is 6.42 Å². The maximum absolute atomic E-state index is 12.6. The Balaban J connectivity index is 1.34. The molecule has 0 saturated carbocycles. The molecule has 5 nitrogen and oxygen atoms in total. The lowest BCUT2D eigenvalue weighted by Crippen LogP contribution is -2.49. The van der Waals surface area contributed by atoms with Crippen molar-refractivity contribution in [3.05, 3.63) is 65.8 Å². The van der Waals surface area contributed by atoms with Gasteiger partial charge in [0.25, 0.3) is 0 Å². The van der Waals surface area contributed by atoms with E-state index >= 15 is 0 Å². The molecule has 26 heavy (non-hydrogen) atoms. The van der Waals surface area contributed by atoms with E-state index in [0.717, 1.165) is 48.3 Å². The predicted molar refractivity (Wildman–Crippen MR) is 104 cm³/mol. The molecule has 0 atom stereocenters. The Kier molecular flexibility index (Phi) is 4.93. The number of aromatic nitrogens is 2. The molecule has 6 heteroatoms. The molecule has 1 aliphatic rings. The summed E-state index contributed by atoms with van der Waals surface area (Å²) in [5.74, 6) is 1.13. The number of piperazine rings is 1. The number of anilines is 1. The van der Waals surface area contributed by atoms with Crippen molar-refractivity contribution in [1.29, 1.82) is 0 Å². The molecule has 1 aliphatic heterocycles. The van der Waals surface area contributed by atoms with Gasteiger partial charge in [-0.2, -0.15) is 0 Å². The Morgan fingerprint density at radius 2 is 1.77 bits per heavy atom. The minimum absolute atomic E-state index is 0.149. The van der Waals surface area contributed by atoms with Crippen molar-refractivity contribution < 1.29 is 4.79 Å². The highest BCUT2D eigenvalue weighted by atomic mass is 32.1. The smallest absolute Gasteiger partial charge is 0.228 e. The van der Waals surface area contributed by atoms with Crippen LogP contribution in [0.1, 0.15) is 5.69 Å². The van der Waals surface area contributed by atoms with Crippen molar-refractivity contribution in [2.45, 2.75) is 6.42 Å². The minimum Gasteiger partial charge on any atom is -0.353 e. The highest BCUT2D eigenvalue weighted by Gasteiger charge is 2.22. The highest BCUT2D eigenvalue weighted by Crippen LogP contribution is 2.23. The zero-order valence-electron chi connectivity index (χ0n) is 14.4. The van der Waals surface area contributed by atoms with Gasteiger partial charge in [0.05, 0.1) is 12.1 Å². The standard InChI is InChI=1S/C20H20N4OS/c25-19(14-17-15-26-20(22-17)16-6-2-1-3-7-16)24-12-10-23(11-13-24)18-8-4-5-9-21-18/h1-9,15H,10-14H2. The normalized spacial score (nSPS) is 14.5. The van der Waals surface area contributed by atoms with E-state index in [-0.39, 0.29) is 5.91 Å². The molecule has 4 rings (SSSR count). The van der Waals surface area contributed by atoms with E-state index in [1.165, 1.54) is 0 Å². The highest BCUT2D eigenvalue weighted by molar-refractivity contribution is 7.13. The number of amides is 1. The first kappa shape index (κ1) is 16.7. The van der Waals surface area contributed by atoms with Crippen LogP contribution in [0.4, 0.5) is 5.82 Å². The molecule has 3 heterocycles. The third kappa shape index (κ3) is 3.75. The summed E-state index contributed by atoms with van der Waals surface area (Å²) in [5, 5.41) is 2.96. The molecule has 0 N–H and O–H groups in total. The summed E-state index contributed by atoms with van der Waals surface area (Å²) in [6, 6.07) is 16.0. The fourth-order valence-corrected chi connectivity index (χ4v) is 3.92. The third-order valence-electron chi connectivity index (χ3n) is 4.51. The molecule has 1 saturated heterocycles. The summed E-state index contributed by atoms with van der Waals surface area (Å²) in [5.41, 5.74) is 1.95. The van der Waals surface area contributed by atoms with Crippen LogP contribution in [-0.2, 0) is 11.2 Å². The number of nitrogens with zero attached hydrogens (tertiary/aromatic N) is 4. The van der Waals surface area contributed by atoms with Gasteiger partial charge in [0.15, 0.2) is 0 Å². The van der Waals surface area contributed by atoms with Gasteiger partial charge in [-0.1, -0.05) is 36.4 Å². The Bertz CT molecular complexity index is 858. The van der Waals surface area contributed by atoms with Crippen molar-refractivity contribution in [3.63, 3.8) is 0 Å². The van der Waals surface area contributed by atoms with E-state index in [2.05, 4.69) is 14.9 Å². The van der Waals surface area contributed by atoms with Crippen LogP contribution in [0.2, 0.25) is 0 Å². The average Bonchev–Trinajstić information content (AvgIpc) is 3.18. The number of hydrogen-bond donors (Lipinski definition) is 0. The fraction of sp³-hybridized carbons (Fsp3) is 0.250. The Morgan fingerprint density at radius 3 is 2.50 bits per heavy atom. The molecule has 0 unspecified atom stereocenters. The zero-order valence-corrected chi connectivity index (χ0v) is 15.2. The average molecular weight is 364 g/mol. The maximum Gasteiger partial charge on any atom is 0.228 e. The molecule has 0 radical (unpaired) electrons. The lowest BCUT2D eigenvalue weighted by Gasteiger charge is -2.35. The van der Waals surface area contributed by atoms with E-state index in [4.69, 9.17) is 0 Å². The first-order valence-corrected chi connectivity index (χ1v) is 9.61. The molecule has 1 amide bonds. The Morgan fingerprint density at radius 1 is 1.00 bits per heavy atom. The second-order valence-corrected chi connectivity index (χ2v) is 7.10. The molecule has 1 aromatic carbocycles. The van der Waals surface area contributed by atoms with Crippen LogP contribution in [0.5, 0.6) is 0 Å². The molecule has 1 fully saturated rings. The number of benzene rings is 1. The van der Waals surface area contributed by atoms with Gasteiger partial charge >= 0.3 is 0 Å². The second-order valence-electron chi connectivity index (χ2n) is 6.24. The Hall–Kier alpha value is -2.73. The molecule has 3 aromatic rings. The third-order valence-corrected chi connectivity index (χ3v) is 5.45. The topological polar surface area (TPSA) is 49.3 Å². The van der Waals surface area contributed by atoms with Crippen LogP contribution < -0.4 is 4.90 Å². The summed E-state index contributed by atoms with van der Waals surface area (Å²) in [6.07, 6.45) is 2.17. The van der Waals surface area contributed by atoms with Gasteiger partial charge in [-0.3, -0.25) is 4.79 Å². The van der Waals surface area contributed by atoms with Crippen LogP contribution in [0.15, 0.2) is 60.1 Å². The molecule has 0 spiro atoms. The van der Waals surface area contributed by atoms with Crippen molar-refractivity contribution in [2.24, 2.45) is 0 Å². The maximum atomic E-state index is 12.6. The molecule has 2 aromatic heterocycles. The molecular formula is C20H20N4OS. The molecule has 0 bridgehead atoms. The lowest BCUT2D eigenvalue weighted by atomic mass is 10.2. The number of carbonyl (C=O) groups is 1. The predicted octanol–water partition coefficient (Wildman–Crippen LogP) is 3.10. The monoisotopic (exact) mass is 364 g/mol. The molecule has 0 aliphatic carbocycles. The van der Waals surface area contributed by atoms with Crippen molar-refractivity contribution in [1.82, 2.24) is 14.9 Å². The van der Waals surface area contributed by atoms with E-state index in [9.17, 15) is 4.79 Å². The van der Waals surface area contributed by atoms with Crippen molar-refractivity contribution in [3.8, 4) is 10.6 Å². The SMILES string of the molecule is O=C(Cc1csc(-c2ccccc2)n1)N1CCN(c2ccccn2)CC1. The largest absolute Gasteiger partial charge is 0.353 e. The van der Waals surface area contributed by atoms with Crippen LogP contribution in [0.3, 0.4) is 0 Å². The number of carbonyl (C=O) groups excluding carboxylic acids is 1. The first-order chi connectivity index (χ1) is 12.8. The van der Waals surface area contributed by atoms with Gasteiger partial charge in [-0.05, 0) is 12.1 Å². The van der Waals surface area contributed by atoms with Gasteiger partial charge in [0, 0.05) is 43.3 Å². The van der Waals surface area contributed by atoms with Crippen LogP contribution in [0, 0.1) is 0 Å². The van der Waals surface area contributed by atoms with E-state index < -0.39 is 0 Å². The summed E-state index contributed by atoms with van der Waals surface area (Å²) < 4.78 is 0. The van der Waals surface area contributed by atoms with Gasteiger partial charge in [-0.15, -0.1) is 11.3 Å². The van der Waals surface area contributed by atoms with Crippen LogP contribution >= 0.6 is 11.3 Å². The van der Waals surface area contributed by atoms with Gasteiger partial charge in [0.1, 0.15) is 10.8 Å². The summed E-state index contributed by atoms with van der Waals surface area (Å²) in [6.45, 7) is 3.08. The Labute approximate surface area is 156 Å². The van der Waals surface area contributed by atoms with Gasteiger partial charge in [-0.25, -0.2) is 9.97 Å². The molecular weight excluding hydrogens is 344 g/mol. The number of pyridine rings is 1. The summed E-state index contributed by atoms with van der Waals surface area (Å²) >= 11 is 1.59. The van der Waals surface area contributed by atoms with Gasteiger partial charge < -0.3 is 9.80 Å². The second kappa shape index (κ2) is 7.66. The first-order valence-electron chi connectivity index (χ1n) is 8.73.